The summed E-state index contributed by atoms with van der Waals surface area (Å²) in [5.74, 6) is 0.281. The van der Waals surface area contributed by atoms with E-state index < -0.39 is 0 Å². The lowest BCUT2D eigenvalue weighted by Gasteiger charge is -2.00. The molecule has 0 atom stereocenters. The normalized spacial score (nSPS) is 11.1. The van der Waals surface area contributed by atoms with E-state index in [1.807, 2.05) is 13.0 Å². The maximum absolute atomic E-state index is 11.1. The second-order valence-electron chi connectivity index (χ2n) is 4.19. The summed E-state index contributed by atoms with van der Waals surface area (Å²) in [6, 6.07) is 0. The number of unbranched alkanes of at least 4 members (excludes halogenated alkanes) is 7. The third-order valence-electron chi connectivity index (χ3n) is 2.63. The van der Waals surface area contributed by atoms with Gasteiger partial charge in [0, 0.05) is 6.42 Å². The molecule has 0 spiro atoms. The molecule has 1 heteroatoms. The third-order valence-corrected chi connectivity index (χ3v) is 2.63. The van der Waals surface area contributed by atoms with Crippen LogP contribution in [-0.4, -0.2) is 5.78 Å². The summed E-state index contributed by atoms with van der Waals surface area (Å²) in [6.45, 7) is 4.14. The highest BCUT2D eigenvalue weighted by Gasteiger charge is 1.96. The van der Waals surface area contributed by atoms with Gasteiger partial charge in [-0.15, -0.1) is 0 Å². The highest BCUT2D eigenvalue weighted by molar-refractivity contribution is 5.89. The van der Waals surface area contributed by atoms with E-state index >= 15 is 0 Å². The van der Waals surface area contributed by atoms with E-state index in [1.165, 1.54) is 44.9 Å². The molecule has 0 N–H and O–H groups in total. The molecule has 0 saturated carbocycles. The number of hydrogen-bond acceptors (Lipinski definition) is 1. The summed E-state index contributed by atoms with van der Waals surface area (Å²) >= 11 is 0. The lowest BCUT2D eigenvalue weighted by Crippen LogP contribution is -1.91. The van der Waals surface area contributed by atoms with E-state index in [4.69, 9.17) is 0 Å². The largest absolute Gasteiger partial charge is 0.295 e. The molecular formula is C14H26O. The number of rotatable bonds is 10. The summed E-state index contributed by atoms with van der Waals surface area (Å²) in [5, 5.41) is 0. The van der Waals surface area contributed by atoms with E-state index in [-0.39, 0.29) is 5.78 Å². The minimum atomic E-state index is 0.281. The van der Waals surface area contributed by atoms with Crippen LogP contribution in [0.2, 0.25) is 0 Å². The van der Waals surface area contributed by atoms with Gasteiger partial charge in [0.1, 0.15) is 0 Å². The molecule has 0 unspecified atom stereocenters. The third kappa shape index (κ3) is 11.3. The number of carbonyl (C=O) groups excluding carboxylic acids is 1. The van der Waals surface area contributed by atoms with Crippen LogP contribution < -0.4 is 0 Å². The van der Waals surface area contributed by atoms with Gasteiger partial charge in [0.15, 0.2) is 5.78 Å². The quantitative estimate of drug-likeness (QED) is 0.378. The van der Waals surface area contributed by atoms with Crippen LogP contribution in [0.5, 0.6) is 0 Å². The van der Waals surface area contributed by atoms with Gasteiger partial charge in [-0.1, -0.05) is 57.9 Å². The van der Waals surface area contributed by atoms with E-state index in [0.717, 1.165) is 12.8 Å². The monoisotopic (exact) mass is 210 g/mol. The zero-order valence-electron chi connectivity index (χ0n) is 10.4. The highest BCUT2D eigenvalue weighted by atomic mass is 16.1. The molecule has 0 heterocycles. The number of ketones is 1. The SMILES string of the molecule is CC=CC(=O)CCCCCCCCCC. The van der Waals surface area contributed by atoms with Crippen LogP contribution in [-0.2, 0) is 4.79 Å². The smallest absolute Gasteiger partial charge is 0.155 e. The minimum Gasteiger partial charge on any atom is -0.295 e. The Hall–Kier alpha value is -0.590. The zero-order chi connectivity index (χ0) is 11.4. The predicted octanol–water partition coefficient (Wildman–Crippen LogP) is 4.66. The number of allylic oxidation sites excluding steroid dienone is 2. The summed E-state index contributed by atoms with van der Waals surface area (Å²) in [4.78, 5) is 11.1. The van der Waals surface area contributed by atoms with Crippen molar-refractivity contribution >= 4 is 5.78 Å². The topological polar surface area (TPSA) is 17.1 Å². The maximum Gasteiger partial charge on any atom is 0.155 e. The van der Waals surface area contributed by atoms with Crippen LogP contribution in [0.4, 0.5) is 0 Å². The molecule has 0 rings (SSSR count). The van der Waals surface area contributed by atoms with Gasteiger partial charge in [0.2, 0.25) is 0 Å². The van der Waals surface area contributed by atoms with Gasteiger partial charge in [-0.2, -0.15) is 0 Å². The molecule has 0 saturated heterocycles. The van der Waals surface area contributed by atoms with Crippen LogP contribution in [0.3, 0.4) is 0 Å². The molecule has 1 nitrogen and oxygen atoms in total. The highest BCUT2D eigenvalue weighted by Crippen LogP contribution is 2.09. The molecule has 0 fully saturated rings. The molecule has 0 radical (unpaired) electrons. The lowest BCUT2D eigenvalue weighted by atomic mass is 10.1. The first kappa shape index (κ1) is 14.4. The molecule has 0 aliphatic rings. The number of hydrogen-bond donors (Lipinski definition) is 0. The van der Waals surface area contributed by atoms with Crippen LogP contribution in [0.15, 0.2) is 12.2 Å². The molecule has 0 aromatic carbocycles. The fourth-order valence-electron chi connectivity index (χ4n) is 1.70. The first-order valence-electron chi connectivity index (χ1n) is 6.46. The van der Waals surface area contributed by atoms with Crippen molar-refractivity contribution in [1.29, 1.82) is 0 Å². The Kier molecular flexibility index (Phi) is 11.0. The van der Waals surface area contributed by atoms with Crippen molar-refractivity contribution in [1.82, 2.24) is 0 Å². The first-order valence-corrected chi connectivity index (χ1v) is 6.46. The zero-order valence-corrected chi connectivity index (χ0v) is 10.4. The second-order valence-corrected chi connectivity index (χ2v) is 4.19. The fourth-order valence-corrected chi connectivity index (χ4v) is 1.70. The van der Waals surface area contributed by atoms with Gasteiger partial charge in [-0.3, -0.25) is 4.79 Å². The van der Waals surface area contributed by atoms with Gasteiger partial charge in [0.25, 0.3) is 0 Å². The Morgan fingerprint density at radius 3 is 2.00 bits per heavy atom. The van der Waals surface area contributed by atoms with E-state index in [9.17, 15) is 4.79 Å². The number of carbonyl (C=O) groups is 1. The Morgan fingerprint density at radius 2 is 1.47 bits per heavy atom. The molecule has 0 aromatic heterocycles. The Labute approximate surface area is 95.0 Å². The second kappa shape index (κ2) is 11.5. The van der Waals surface area contributed by atoms with Crippen molar-refractivity contribution in [2.45, 2.75) is 71.6 Å². The first-order chi connectivity index (χ1) is 7.31. The van der Waals surface area contributed by atoms with Gasteiger partial charge in [-0.05, 0) is 19.4 Å². The van der Waals surface area contributed by atoms with E-state index in [0.29, 0.717) is 0 Å². The average Bonchev–Trinajstić information content (AvgIpc) is 2.22. The van der Waals surface area contributed by atoms with E-state index in [2.05, 4.69) is 6.92 Å². The van der Waals surface area contributed by atoms with Crippen molar-refractivity contribution in [2.24, 2.45) is 0 Å². The average molecular weight is 210 g/mol. The maximum atomic E-state index is 11.1. The summed E-state index contributed by atoms with van der Waals surface area (Å²) < 4.78 is 0. The molecule has 0 aliphatic heterocycles. The van der Waals surface area contributed by atoms with Gasteiger partial charge < -0.3 is 0 Å². The van der Waals surface area contributed by atoms with Crippen LogP contribution in [0, 0.1) is 0 Å². The van der Waals surface area contributed by atoms with Crippen LogP contribution in [0.25, 0.3) is 0 Å². The Bertz CT molecular complexity index is 170. The van der Waals surface area contributed by atoms with Crippen molar-refractivity contribution in [3.05, 3.63) is 12.2 Å². The predicted molar refractivity (Wildman–Crippen MR) is 67.0 cm³/mol. The van der Waals surface area contributed by atoms with Crippen molar-refractivity contribution in [2.75, 3.05) is 0 Å². The standard InChI is InChI=1S/C14H26O/c1-3-5-6-7-8-9-10-11-13-14(15)12-4-2/h4,12H,3,5-11,13H2,1-2H3. The van der Waals surface area contributed by atoms with Crippen molar-refractivity contribution < 1.29 is 4.79 Å². The fraction of sp³-hybridized carbons (Fsp3) is 0.786. The van der Waals surface area contributed by atoms with Crippen molar-refractivity contribution in [3.63, 3.8) is 0 Å². The molecule has 0 aromatic rings. The lowest BCUT2D eigenvalue weighted by molar-refractivity contribution is -0.114. The molecular weight excluding hydrogens is 184 g/mol. The summed E-state index contributed by atoms with van der Waals surface area (Å²) in [5.41, 5.74) is 0. The van der Waals surface area contributed by atoms with Gasteiger partial charge in [0.05, 0.1) is 0 Å². The van der Waals surface area contributed by atoms with Crippen LogP contribution in [0.1, 0.15) is 71.6 Å². The minimum absolute atomic E-state index is 0.281. The molecule has 0 amide bonds. The summed E-state index contributed by atoms with van der Waals surface area (Å²) in [7, 11) is 0. The molecule has 0 bridgehead atoms. The van der Waals surface area contributed by atoms with E-state index in [1.54, 1.807) is 6.08 Å². The van der Waals surface area contributed by atoms with Gasteiger partial charge >= 0.3 is 0 Å². The molecule has 15 heavy (non-hydrogen) atoms. The Balaban J connectivity index is 3.08. The van der Waals surface area contributed by atoms with Gasteiger partial charge in [-0.25, -0.2) is 0 Å². The molecule has 0 aliphatic carbocycles. The Morgan fingerprint density at radius 1 is 0.933 bits per heavy atom. The summed E-state index contributed by atoms with van der Waals surface area (Å²) in [6.07, 6.45) is 14.6. The van der Waals surface area contributed by atoms with Crippen LogP contribution >= 0.6 is 0 Å². The molecule has 88 valence electrons. The van der Waals surface area contributed by atoms with Crippen molar-refractivity contribution in [3.8, 4) is 0 Å².